The fraction of sp³-hybridized carbons (Fsp3) is 0.429. The van der Waals surface area contributed by atoms with Crippen molar-refractivity contribution in [1.29, 1.82) is 0 Å². The summed E-state index contributed by atoms with van der Waals surface area (Å²) in [6, 6.07) is 3.84. The highest BCUT2D eigenvalue weighted by atomic mass is 16.4. The fourth-order valence-electron chi connectivity index (χ4n) is 2.62. The van der Waals surface area contributed by atoms with Crippen molar-refractivity contribution in [3.8, 4) is 11.5 Å². The highest BCUT2D eigenvalue weighted by Gasteiger charge is 2.31. The van der Waals surface area contributed by atoms with Crippen molar-refractivity contribution in [2.45, 2.75) is 31.7 Å². The number of nitrogens with zero attached hydrogens (tertiary/aromatic N) is 1. The summed E-state index contributed by atoms with van der Waals surface area (Å²) in [6.45, 7) is -0.433. The maximum atomic E-state index is 12.5. The van der Waals surface area contributed by atoms with Gasteiger partial charge in [0.25, 0.3) is 5.91 Å². The Morgan fingerprint density at radius 3 is 2.20 bits per heavy atom. The fourth-order valence-corrected chi connectivity index (χ4v) is 2.62. The van der Waals surface area contributed by atoms with Gasteiger partial charge in [-0.15, -0.1) is 0 Å². The van der Waals surface area contributed by atoms with Crippen LogP contribution < -0.4 is 0 Å². The van der Waals surface area contributed by atoms with Gasteiger partial charge in [0.05, 0.1) is 0 Å². The molecule has 2 rings (SSSR count). The third kappa shape index (κ3) is 2.84. The summed E-state index contributed by atoms with van der Waals surface area (Å²) >= 11 is 0. The first kappa shape index (κ1) is 14.2. The van der Waals surface area contributed by atoms with E-state index in [1.54, 1.807) is 0 Å². The van der Waals surface area contributed by atoms with Crippen LogP contribution in [0, 0.1) is 0 Å². The van der Waals surface area contributed by atoms with Crippen LogP contribution >= 0.6 is 0 Å². The summed E-state index contributed by atoms with van der Waals surface area (Å²) in [5.74, 6) is -2.44. The third-order valence-electron chi connectivity index (χ3n) is 3.57. The Labute approximate surface area is 116 Å². The van der Waals surface area contributed by atoms with Crippen LogP contribution in [0.15, 0.2) is 18.2 Å². The lowest BCUT2D eigenvalue weighted by Gasteiger charge is -2.27. The molecule has 0 heterocycles. The first-order valence-corrected chi connectivity index (χ1v) is 6.54. The molecule has 0 radical (unpaired) electrons. The third-order valence-corrected chi connectivity index (χ3v) is 3.57. The van der Waals surface area contributed by atoms with E-state index in [2.05, 4.69) is 0 Å². The van der Waals surface area contributed by atoms with E-state index < -0.39 is 18.4 Å². The lowest BCUT2D eigenvalue weighted by molar-refractivity contribution is -0.138. The number of carboxylic acids is 1. The van der Waals surface area contributed by atoms with E-state index in [0.29, 0.717) is 0 Å². The predicted molar refractivity (Wildman–Crippen MR) is 70.7 cm³/mol. The molecule has 20 heavy (non-hydrogen) atoms. The van der Waals surface area contributed by atoms with Crippen LogP contribution in [-0.4, -0.2) is 44.7 Å². The van der Waals surface area contributed by atoms with Crippen LogP contribution in [0.25, 0.3) is 0 Å². The zero-order valence-corrected chi connectivity index (χ0v) is 11.0. The van der Waals surface area contributed by atoms with Gasteiger partial charge in [-0.25, -0.2) is 0 Å². The maximum Gasteiger partial charge on any atom is 0.323 e. The van der Waals surface area contributed by atoms with E-state index in [1.807, 2.05) is 0 Å². The second-order valence-electron chi connectivity index (χ2n) is 4.94. The first-order valence-electron chi connectivity index (χ1n) is 6.54. The second kappa shape index (κ2) is 5.81. The number of carbonyl (C=O) groups is 2. The largest absolute Gasteiger partial charge is 0.507 e. The molecule has 6 heteroatoms. The first-order chi connectivity index (χ1) is 9.50. The number of phenols is 2. The van der Waals surface area contributed by atoms with Crippen LogP contribution in [0.1, 0.15) is 36.0 Å². The minimum absolute atomic E-state index is 0.155. The zero-order valence-electron chi connectivity index (χ0n) is 11.0. The standard InChI is InChI=1S/C14H17NO5/c16-10-6-3-7-11(17)13(10)14(20)15(8-12(18)19)9-4-1-2-5-9/h3,6-7,9,16-17H,1-2,4-5,8H2,(H,18,19). The van der Waals surface area contributed by atoms with Gasteiger partial charge in [0, 0.05) is 6.04 Å². The summed E-state index contributed by atoms with van der Waals surface area (Å²) in [7, 11) is 0. The van der Waals surface area contributed by atoms with Gasteiger partial charge in [-0.05, 0) is 25.0 Å². The minimum Gasteiger partial charge on any atom is -0.507 e. The Kier molecular flexibility index (Phi) is 4.12. The Morgan fingerprint density at radius 2 is 1.70 bits per heavy atom. The molecular weight excluding hydrogens is 262 g/mol. The van der Waals surface area contributed by atoms with Crippen molar-refractivity contribution in [3.05, 3.63) is 23.8 Å². The van der Waals surface area contributed by atoms with E-state index in [0.717, 1.165) is 25.7 Å². The quantitative estimate of drug-likeness (QED) is 0.777. The average Bonchev–Trinajstić information content (AvgIpc) is 2.88. The molecule has 3 N–H and O–H groups in total. The molecule has 0 atom stereocenters. The molecule has 1 fully saturated rings. The molecule has 1 aliphatic rings. The number of hydrogen-bond acceptors (Lipinski definition) is 4. The minimum atomic E-state index is -1.11. The number of aromatic hydroxyl groups is 2. The summed E-state index contributed by atoms with van der Waals surface area (Å²) in [5, 5.41) is 28.4. The smallest absolute Gasteiger partial charge is 0.323 e. The van der Waals surface area contributed by atoms with Crippen molar-refractivity contribution in [2.75, 3.05) is 6.54 Å². The molecule has 1 aromatic rings. The van der Waals surface area contributed by atoms with Crippen molar-refractivity contribution < 1.29 is 24.9 Å². The van der Waals surface area contributed by atoms with Crippen molar-refractivity contribution in [1.82, 2.24) is 4.90 Å². The van der Waals surface area contributed by atoms with Gasteiger partial charge < -0.3 is 20.2 Å². The van der Waals surface area contributed by atoms with Crippen molar-refractivity contribution >= 4 is 11.9 Å². The Hall–Kier alpha value is -2.24. The number of benzene rings is 1. The molecule has 1 aromatic carbocycles. The van der Waals surface area contributed by atoms with Gasteiger partial charge in [-0.3, -0.25) is 9.59 Å². The molecule has 1 saturated carbocycles. The summed E-state index contributed by atoms with van der Waals surface area (Å²) in [5.41, 5.74) is -0.236. The highest BCUT2D eigenvalue weighted by Crippen LogP contribution is 2.31. The number of hydrogen-bond donors (Lipinski definition) is 3. The molecule has 1 amide bonds. The lowest BCUT2D eigenvalue weighted by atomic mass is 10.1. The number of carbonyl (C=O) groups excluding carboxylic acids is 1. The second-order valence-corrected chi connectivity index (χ2v) is 4.94. The van der Waals surface area contributed by atoms with Gasteiger partial charge in [0.1, 0.15) is 23.6 Å². The van der Waals surface area contributed by atoms with E-state index in [-0.39, 0.29) is 23.1 Å². The van der Waals surface area contributed by atoms with Crippen LogP contribution in [0.3, 0.4) is 0 Å². The predicted octanol–water partition coefficient (Wildman–Crippen LogP) is 1.57. The summed E-state index contributed by atoms with van der Waals surface area (Å²) < 4.78 is 0. The molecule has 0 unspecified atom stereocenters. The van der Waals surface area contributed by atoms with Gasteiger partial charge >= 0.3 is 5.97 Å². The maximum absolute atomic E-state index is 12.5. The van der Waals surface area contributed by atoms with Gasteiger partial charge in [-0.1, -0.05) is 18.9 Å². The van der Waals surface area contributed by atoms with E-state index in [1.165, 1.54) is 23.1 Å². The monoisotopic (exact) mass is 279 g/mol. The summed E-state index contributed by atoms with van der Waals surface area (Å²) in [6.07, 6.45) is 3.38. The molecule has 0 saturated heterocycles. The van der Waals surface area contributed by atoms with Crippen molar-refractivity contribution in [2.24, 2.45) is 0 Å². The highest BCUT2D eigenvalue weighted by molar-refractivity contribution is 6.00. The molecule has 0 bridgehead atoms. The molecular formula is C14H17NO5. The molecule has 1 aliphatic carbocycles. The normalized spacial score (nSPS) is 15.2. The van der Waals surface area contributed by atoms with E-state index in [4.69, 9.17) is 5.11 Å². The van der Waals surface area contributed by atoms with Crippen LogP contribution in [0.4, 0.5) is 0 Å². The van der Waals surface area contributed by atoms with Crippen LogP contribution in [-0.2, 0) is 4.79 Å². The molecule has 0 spiro atoms. The average molecular weight is 279 g/mol. The van der Waals surface area contributed by atoms with Crippen LogP contribution in [0.2, 0.25) is 0 Å². The van der Waals surface area contributed by atoms with E-state index >= 15 is 0 Å². The van der Waals surface area contributed by atoms with Gasteiger partial charge in [-0.2, -0.15) is 0 Å². The lowest BCUT2D eigenvalue weighted by Crippen LogP contribution is -2.42. The molecule has 108 valence electrons. The number of carboxylic acid groups (broad SMARTS) is 1. The summed E-state index contributed by atoms with van der Waals surface area (Å²) in [4.78, 5) is 24.6. The zero-order chi connectivity index (χ0) is 14.7. The Morgan fingerprint density at radius 1 is 1.15 bits per heavy atom. The number of phenolic OH excluding ortho intramolecular Hbond substituents is 2. The molecule has 0 aliphatic heterocycles. The van der Waals surface area contributed by atoms with Crippen LogP contribution in [0.5, 0.6) is 11.5 Å². The number of rotatable bonds is 4. The molecule has 0 aromatic heterocycles. The Balaban J connectivity index is 2.32. The topological polar surface area (TPSA) is 98.1 Å². The molecule has 6 nitrogen and oxygen atoms in total. The Bertz CT molecular complexity index is 502. The van der Waals surface area contributed by atoms with Crippen molar-refractivity contribution in [3.63, 3.8) is 0 Å². The van der Waals surface area contributed by atoms with Gasteiger partial charge in [0.2, 0.25) is 0 Å². The van der Waals surface area contributed by atoms with Gasteiger partial charge in [0.15, 0.2) is 0 Å². The SMILES string of the molecule is O=C(O)CN(C(=O)c1c(O)cccc1O)C1CCCC1. The number of amides is 1. The van der Waals surface area contributed by atoms with E-state index in [9.17, 15) is 19.8 Å². The number of aliphatic carboxylic acids is 1.